The van der Waals surface area contributed by atoms with Gasteiger partial charge in [0.15, 0.2) is 0 Å². The monoisotopic (exact) mass is 278 g/mol. The Labute approximate surface area is 116 Å². The highest BCUT2D eigenvalue weighted by atomic mass is 19.1. The zero-order valence-corrected chi connectivity index (χ0v) is 11.3. The molecule has 0 aliphatic heterocycles. The molecule has 4 heteroatoms. The van der Waals surface area contributed by atoms with E-state index in [1.807, 2.05) is 13.8 Å². The Balaban J connectivity index is 2.33. The van der Waals surface area contributed by atoms with Crippen LogP contribution in [0.1, 0.15) is 31.1 Å². The minimum absolute atomic E-state index is 0.00620. The molecule has 0 aliphatic carbocycles. The fourth-order valence-electron chi connectivity index (χ4n) is 1.93. The number of aliphatic hydroxyl groups excluding tert-OH is 1. The summed E-state index contributed by atoms with van der Waals surface area (Å²) < 4.78 is 32.3. The number of benzene rings is 2. The number of rotatable bonds is 4. The first-order chi connectivity index (χ1) is 9.47. The first kappa shape index (κ1) is 14.5. The van der Waals surface area contributed by atoms with Crippen LogP contribution in [-0.4, -0.2) is 11.2 Å². The summed E-state index contributed by atoms with van der Waals surface area (Å²) in [5.41, 5.74) is 0.361. The van der Waals surface area contributed by atoms with Crippen molar-refractivity contribution < 1.29 is 18.6 Å². The summed E-state index contributed by atoms with van der Waals surface area (Å²) in [5.74, 6) is -0.655. The van der Waals surface area contributed by atoms with E-state index in [9.17, 15) is 13.9 Å². The van der Waals surface area contributed by atoms with Crippen molar-refractivity contribution in [3.63, 3.8) is 0 Å². The van der Waals surface area contributed by atoms with E-state index in [1.54, 1.807) is 24.3 Å². The van der Waals surface area contributed by atoms with Crippen LogP contribution in [0, 0.1) is 11.6 Å². The Hall–Kier alpha value is -1.94. The topological polar surface area (TPSA) is 29.5 Å². The van der Waals surface area contributed by atoms with E-state index in [0.717, 1.165) is 18.2 Å². The molecule has 1 unspecified atom stereocenters. The molecule has 0 amide bonds. The lowest BCUT2D eigenvalue weighted by Crippen LogP contribution is -2.07. The quantitative estimate of drug-likeness (QED) is 0.921. The Morgan fingerprint density at radius 1 is 1.05 bits per heavy atom. The van der Waals surface area contributed by atoms with E-state index in [1.165, 1.54) is 0 Å². The maximum Gasteiger partial charge on any atom is 0.129 e. The number of ether oxygens (including phenoxy) is 1. The van der Waals surface area contributed by atoms with Gasteiger partial charge in [-0.1, -0.05) is 12.1 Å². The molecule has 1 N–H and O–H groups in total. The smallest absolute Gasteiger partial charge is 0.129 e. The van der Waals surface area contributed by atoms with Crippen molar-refractivity contribution in [2.45, 2.75) is 26.1 Å². The predicted octanol–water partition coefficient (Wildman–Crippen LogP) is 3.83. The van der Waals surface area contributed by atoms with Crippen LogP contribution < -0.4 is 4.74 Å². The van der Waals surface area contributed by atoms with E-state index in [-0.39, 0.29) is 11.7 Å². The Morgan fingerprint density at radius 2 is 1.80 bits per heavy atom. The Bertz CT molecular complexity index is 597. The Kier molecular flexibility index (Phi) is 4.35. The van der Waals surface area contributed by atoms with Crippen molar-refractivity contribution in [3.8, 4) is 5.75 Å². The largest absolute Gasteiger partial charge is 0.491 e. The van der Waals surface area contributed by atoms with Gasteiger partial charge in [0, 0.05) is 5.56 Å². The molecule has 2 aromatic rings. The zero-order chi connectivity index (χ0) is 14.7. The number of halogens is 2. The lowest BCUT2D eigenvalue weighted by Gasteiger charge is -2.15. The normalized spacial score (nSPS) is 12.5. The third-order valence-electron chi connectivity index (χ3n) is 2.80. The van der Waals surface area contributed by atoms with Gasteiger partial charge < -0.3 is 9.84 Å². The van der Waals surface area contributed by atoms with Crippen molar-refractivity contribution in [2.24, 2.45) is 0 Å². The third kappa shape index (κ3) is 3.33. The van der Waals surface area contributed by atoms with Gasteiger partial charge in [0.1, 0.15) is 23.5 Å². The molecule has 0 radical (unpaired) electrons. The summed E-state index contributed by atoms with van der Waals surface area (Å²) in [5, 5.41) is 10.2. The molecule has 106 valence electrons. The van der Waals surface area contributed by atoms with Crippen molar-refractivity contribution in [2.75, 3.05) is 0 Å². The molecular weight excluding hydrogens is 262 g/mol. The van der Waals surface area contributed by atoms with Crippen LogP contribution in [0.25, 0.3) is 0 Å². The fourth-order valence-corrected chi connectivity index (χ4v) is 1.93. The summed E-state index contributed by atoms with van der Waals surface area (Å²) in [7, 11) is 0. The lowest BCUT2D eigenvalue weighted by atomic mass is 10.0. The molecule has 20 heavy (non-hydrogen) atoms. The molecule has 2 rings (SSSR count). The molecule has 0 heterocycles. The summed E-state index contributed by atoms with van der Waals surface area (Å²) in [4.78, 5) is 0. The lowest BCUT2D eigenvalue weighted by molar-refractivity contribution is 0.211. The minimum atomic E-state index is -1.23. The van der Waals surface area contributed by atoms with Gasteiger partial charge >= 0.3 is 0 Å². The van der Waals surface area contributed by atoms with Crippen LogP contribution >= 0.6 is 0 Å². The fraction of sp³-hybridized carbons (Fsp3) is 0.250. The van der Waals surface area contributed by atoms with E-state index < -0.39 is 17.7 Å². The summed E-state index contributed by atoms with van der Waals surface area (Å²) in [6.45, 7) is 3.77. The highest BCUT2D eigenvalue weighted by Crippen LogP contribution is 2.27. The highest BCUT2D eigenvalue weighted by molar-refractivity contribution is 5.36. The van der Waals surface area contributed by atoms with E-state index in [2.05, 4.69) is 0 Å². The van der Waals surface area contributed by atoms with E-state index in [0.29, 0.717) is 11.3 Å². The van der Waals surface area contributed by atoms with Gasteiger partial charge in [-0.2, -0.15) is 0 Å². The van der Waals surface area contributed by atoms with Gasteiger partial charge in [-0.3, -0.25) is 0 Å². The number of aliphatic hydroxyl groups is 1. The average Bonchev–Trinajstić information content (AvgIpc) is 2.40. The predicted molar refractivity (Wildman–Crippen MR) is 72.6 cm³/mol. The van der Waals surface area contributed by atoms with E-state index in [4.69, 9.17) is 4.74 Å². The second-order valence-electron chi connectivity index (χ2n) is 4.81. The second-order valence-corrected chi connectivity index (χ2v) is 4.81. The summed E-state index contributed by atoms with van der Waals surface area (Å²) >= 11 is 0. The standard InChI is InChI=1S/C16H16F2O2/c1-10(2)20-13-5-3-4-11(8-13)16(19)14-9-12(17)6-7-15(14)18/h3-10,16,19H,1-2H3. The third-order valence-corrected chi connectivity index (χ3v) is 2.80. The molecule has 2 aromatic carbocycles. The summed E-state index contributed by atoms with van der Waals surface area (Å²) in [6.07, 6.45) is -1.24. The van der Waals surface area contributed by atoms with Crippen LogP contribution in [0.2, 0.25) is 0 Å². The van der Waals surface area contributed by atoms with Gasteiger partial charge in [0.05, 0.1) is 6.10 Å². The van der Waals surface area contributed by atoms with Crippen molar-refractivity contribution in [1.82, 2.24) is 0 Å². The maximum absolute atomic E-state index is 13.7. The highest BCUT2D eigenvalue weighted by Gasteiger charge is 2.16. The van der Waals surface area contributed by atoms with Crippen LogP contribution in [0.15, 0.2) is 42.5 Å². The Morgan fingerprint density at radius 3 is 2.50 bits per heavy atom. The molecule has 0 saturated heterocycles. The summed E-state index contributed by atoms with van der Waals surface area (Å²) in [6, 6.07) is 9.73. The molecule has 0 spiro atoms. The van der Waals surface area contributed by atoms with Gasteiger partial charge in [0.25, 0.3) is 0 Å². The maximum atomic E-state index is 13.7. The van der Waals surface area contributed by atoms with Gasteiger partial charge in [-0.05, 0) is 49.7 Å². The molecule has 0 aromatic heterocycles. The van der Waals surface area contributed by atoms with Crippen molar-refractivity contribution in [3.05, 3.63) is 65.2 Å². The van der Waals surface area contributed by atoms with Gasteiger partial charge in [-0.25, -0.2) is 8.78 Å². The van der Waals surface area contributed by atoms with Gasteiger partial charge in [0.2, 0.25) is 0 Å². The molecular formula is C16H16F2O2. The van der Waals surface area contributed by atoms with Crippen LogP contribution in [0.3, 0.4) is 0 Å². The van der Waals surface area contributed by atoms with Crippen molar-refractivity contribution in [1.29, 1.82) is 0 Å². The van der Waals surface area contributed by atoms with E-state index >= 15 is 0 Å². The number of hydrogen-bond donors (Lipinski definition) is 1. The molecule has 0 bridgehead atoms. The van der Waals surface area contributed by atoms with Crippen LogP contribution in [0.5, 0.6) is 5.75 Å². The molecule has 2 nitrogen and oxygen atoms in total. The van der Waals surface area contributed by atoms with Gasteiger partial charge in [-0.15, -0.1) is 0 Å². The number of hydrogen-bond acceptors (Lipinski definition) is 2. The van der Waals surface area contributed by atoms with Crippen molar-refractivity contribution >= 4 is 0 Å². The van der Waals surface area contributed by atoms with Crippen LogP contribution in [0.4, 0.5) is 8.78 Å². The molecule has 0 saturated carbocycles. The first-order valence-electron chi connectivity index (χ1n) is 6.37. The first-order valence-corrected chi connectivity index (χ1v) is 6.37. The molecule has 0 fully saturated rings. The van der Waals surface area contributed by atoms with Crippen LogP contribution in [-0.2, 0) is 0 Å². The molecule has 0 aliphatic rings. The molecule has 1 atom stereocenters. The SMILES string of the molecule is CC(C)Oc1cccc(C(O)c2cc(F)ccc2F)c1. The zero-order valence-electron chi connectivity index (χ0n) is 11.3. The average molecular weight is 278 g/mol. The minimum Gasteiger partial charge on any atom is -0.491 e. The second kappa shape index (κ2) is 6.01.